The number of nitrogens with zero attached hydrogens (tertiary/aromatic N) is 2. The first-order valence-corrected chi connectivity index (χ1v) is 11.1. The molecule has 2 fully saturated rings. The molecule has 0 radical (unpaired) electrons. The van der Waals surface area contributed by atoms with Gasteiger partial charge in [0.1, 0.15) is 9.71 Å². The van der Waals surface area contributed by atoms with Crippen LogP contribution in [0, 0.1) is 0 Å². The number of methoxy groups -OCH3 is 1. The second kappa shape index (κ2) is 7.76. The zero-order valence-corrected chi connectivity index (χ0v) is 17.3. The minimum absolute atomic E-state index is 0.0363. The predicted molar refractivity (Wildman–Crippen MR) is 115 cm³/mol. The lowest BCUT2D eigenvalue weighted by Crippen LogP contribution is -2.49. The number of thiophene rings is 1. The molecule has 1 aromatic carbocycles. The first-order valence-electron chi connectivity index (χ1n) is 10.2. The molecule has 1 N–H and O–H groups in total. The monoisotopic (exact) mass is 407 g/mol. The molecular formula is C23H25N3O2S. The second-order valence-corrected chi connectivity index (χ2v) is 9.00. The Hall–Kier alpha value is -2.44. The van der Waals surface area contributed by atoms with Gasteiger partial charge in [0.25, 0.3) is 5.91 Å². The van der Waals surface area contributed by atoms with Crippen molar-refractivity contribution in [3.05, 3.63) is 59.1 Å². The number of nitrogens with one attached hydrogen (secondary N) is 1. The van der Waals surface area contributed by atoms with Gasteiger partial charge in [0.05, 0.1) is 12.5 Å². The van der Waals surface area contributed by atoms with Crippen LogP contribution in [0.15, 0.2) is 48.7 Å². The summed E-state index contributed by atoms with van der Waals surface area (Å²) in [6.45, 7) is 1.01. The third-order valence-electron chi connectivity index (χ3n) is 6.26. The second-order valence-electron chi connectivity index (χ2n) is 8.01. The van der Waals surface area contributed by atoms with E-state index in [0.29, 0.717) is 22.7 Å². The summed E-state index contributed by atoms with van der Waals surface area (Å²) in [7, 11) is 1.62. The number of hydrogen-bond donors (Lipinski definition) is 1. The summed E-state index contributed by atoms with van der Waals surface area (Å²) >= 11 is 1.41. The number of amides is 1. The fourth-order valence-electron chi connectivity index (χ4n) is 4.96. The molecule has 29 heavy (non-hydrogen) atoms. The first kappa shape index (κ1) is 18.6. The van der Waals surface area contributed by atoms with Crippen LogP contribution < -0.4 is 10.1 Å². The van der Waals surface area contributed by atoms with Crippen molar-refractivity contribution in [3.8, 4) is 5.75 Å². The molecule has 150 valence electrons. The molecule has 0 saturated carbocycles. The minimum atomic E-state index is -0.0363. The van der Waals surface area contributed by atoms with E-state index in [1.165, 1.54) is 29.7 Å². The topological polar surface area (TPSA) is 54.5 Å². The summed E-state index contributed by atoms with van der Waals surface area (Å²) in [5.74, 6) is 0.603. The molecule has 2 atom stereocenters. The van der Waals surface area contributed by atoms with Crippen molar-refractivity contribution in [1.29, 1.82) is 0 Å². The quantitative estimate of drug-likeness (QED) is 0.688. The van der Waals surface area contributed by atoms with E-state index in [1.54, 1.807) is 13.3 Å². The molecule has 2 unspecified atom stereocenters. The number of piperidine rings is 1. The van der Waals surface area contributed by atoms with Crippen LogP contribution in [-0.2, 0) is 6.54 Å². The molecule has 2 aromatic heterocycles. The number of ether oxygens (including phenoxy) is 1. The van der Waals surface area contributed by atoms with Crippen molar-refractivity contribution in [1.82, 2.24) is 15.2 Å². The summed E-state index contributed by atoms with van der Waals surface area (Å²) in [5, 5.41) is 4.20. The zero-order chi connectivity index (χ0) is 19.8. The lowest BCUT2D eigenvalue weighted by molar-refractivity contribution is 0.0829. The number of pyridine rings is 1. The Labute approximate surface area is 174 Å². The highest BCUT2D eigenvalue weighted by Crippen LogP contribution is 2.39. The number of rotatable bonds is 5. The Balaban J connectivity index is 1.29. The van der Waals surface area contributed by atoms with Crippen molar-refractivity contribution in [2.45, 2.75) is 50.4 Å². The Morgan fingerprint density at radius 1 is 1.17 bits per heavy atom. The maximum atomic E-state index is 13.0. The molecule has 2 aliphatic heterocycles. The molecule has 6 heteroatoms. The van der Waals surface area contributed by atoms with Gasteiger partial charge in [-0.05, 0) is 43.4 Å². The van der Waals surface area contributed by atoms with Gasteiger partial charge in [-0.3, -0.25) is 9.69 Å². The third-order valence-corrected chi connectivity index (χ3v) is 7.35. The van der Waals surface area contributed by atoms with Crippen molar-refractivity contribution < 1.29 is 9.53 Å². The number of carbonyl (C=O) groups excluding carboxylic acids is 1. The fraction of sp³-hybridized carbons (Fsp3) is 0.391. The molecule has 2 saturated heterocycles. The van der Waals surface area contributed by atoms with Crippen LogP contribution >= 0.6 is 11.3 Å². The summed E-state index contributed by atoms with van der Waals surface area (Å²) in [6.07, 6.45) is 6.22. The van der Waals surface area contributed by atoms with E-state index in [9.17, 15) is 4.79 Å². The van der Waals surface area contributed by atoms with Crippen molar-refractivity contribution in [2.75, 3.05) is 7.11 Å². The molecule has 1 amide bonds. The van der Waals surface area contributed by atoms with Gasteiger partial charge >= 0.3 is 0 Å². The largest absolute Gasteiger partial charge is 0.494 e. The van der Waals surface area contributed by atoms with E-state index in [0.717, 1.165) is 29.6 Å². The maximum Gasteiger partial charge on any atom is 0.265 e. The molecule has 5 rings (SSSR count). The van der Waals surface area contributed by atoms with Gasteiger partial charge in [0.15, 0.2) is 5.75 Å². The van der Waals surface area contributed by atoms with Gasteiger partial charge in [0, 0.05) is 30.9 Å². The highest BCUT2D eigenvalue weighted by molar-refractivity contribution is 7.20. The van der Waals surface area contributed by atoms with Crippen LogP contribution in [0.4, 0.5) is 0 Å². The van der Waals surface area contributed by atoms with Gasteiger partial charge in [-0.2, -0.15) is 0 Å². The highest BCUT2D eigenvalue weighted by Gasteiger charge is 2.41. The van der Waals surface area contributed by atoms with Crippen molar-refractivity contribution in [2.24, 2.45) is 0 Å². The maximum absolute atomic E-state index is 13.0. The number of aromatic nitrogens is 1. The Morgan fingerprint density at radius 2 is 1.93 bits per heavy atom. The number of benzene rings is 1. The Morgan fingerprint density at radius 3 is 2.66 bits per heavy atom. The van der Waals surface area contributed by atoms with Crippen LogP contribution in [0.5, 0.6) is 5.75 Å². The Kier molecular flexibility index (Phi) is 4.97. The first-order chi connectivity index (χ1) is 14.2. The average molecular weight is 408 g/mol. The molecule has 4 heterocycles. The predicted octanol–water partition coefficient (Wildman–Crippen LogP) is 4.23. The summed E-state index contributed by atoms with van der Waals surface area (Å²) in [5.41, 5.74) is 1.37. The van der Waals surface area contributed by atoms with Gasteiger partial charge in [0.2, 0.25) is 0 Å². The van der Waals surface area contributed by atoms with E-state index in [2.05, 4.69) is 45.5 Å². The van der Waals surface area contributed by atoms with Crippen LogP contribution in [-0.4, -0.2) is 41.0 Å². The van der Waals surface area contributed by atoms with E-state index in [4.69, 9.17) is 4.74 Å². The van der Waals surface area contributed by atoms with E-state index in [1.807, 2.05) is 12.1 Å². The minimum Gasteiger partial charge on any atom is -0.494 e. The zero-order valence-electron chi connectivity index (χ0n) is 16.5. The van der Waals surface area contributed by atoms with Gasteiger partial charge in [-0.25, -0.2) is 4.98 Å². The van der Waals surface area contributed by atoms with Gasteiger partial charge in [-0.1, -0.05) is 30.3 Å². The standard InChI is InChI=1S/C23H25N3O2S/c1-28-20-19-8-5-11-24-23(19)29-21(20)22(27)25-16-12-17-9-10-18(13-16)26(17)14-15-6-3-2-4-7-15/h2-8,11,16-18H,9-10,12-14H2,1H3,(H,25,27). The molecule has 2 bridgehead atoms. The van der Waals surface area contributed by atoms with Gasteiger partial charge in [-0.15, -0.1) is 11.3 Å². The van der Waals surface area contributed by atoms with E-state index in [-0.39, 0.29) is 11.9 Å². The van der Waals surface area contributed by atoms with E-state index >= 15 is 0 Å². The van der Waals surface area contributed by atoms with Gasteiger partial charge < -0.3 is 10.1 Å². The fourth-order valence-corrected chi connectivity index (χ4v) is 5.97. The van der Waals surface area contributed by atoms with Crippen molar-refractivity contribution >= 4 is 27.5 Å². The smallest absolute Gasteiger partial charge is 0.265 e. The molecule has 2 aliphatic rings. The molecular weight excluding hydrogens is 382 g/mol. The molecule has 0 aliphatic carbocycles. The van der Waals surface area contributed by atoms with Crippen LogP contribution in [0.2, 0.25) is 0 Å². The average Bonchev–Trinajstić information content (AvgIpc) is 3.22. The molecule has 5 nitrogen and oxygen atoms in total. The SMILES string of the molecule is COc1c(C(=O)NC2CC3CCC(C2)N3Cc2ccccc2)sc2ncccc12. The van der Waals surface area contributed by atoms with Crippen LogP contribution in [0.3, 0.4) is 0 Å². The number of fused-ring (bicyclic) bond motifs is 3. The molecule has 3 aromatic rings. The van der Waals surface area contributed by atoms with Crippen molar-refractivity contribution in [3.63, 3.8) is 0 Å². The number of hydrogen-bond acceptors (Lipinski definition) is 5. The van der Waals surface area contributed by atoms with Crippen LogP contribution in [0.25, 0.3) is 10.2 Å². The van der Waals surface area contributed by atoms with E-state index < -0.39 is 0 Å². The summed E-state index contributed by atoms with van der Waals surface area (Å²) in [6, 6.07) is 15.8. The normalized spacial score (nSPS) is 24.0. The summed E-state index contributed by atoms with van der Waals surface area (Å²) < 4.78 is 5.55. The Bertz CT molecular complexity index is 1010. The lowest BCUT2D eigenvalue weighted by Gasteiger charge is -2.39. The van der Waals surface area contributed by atoms with Crippen LogP contribution in [0.1, 0.15) is 40.9 Å². The highest BCUT2D eigenvalue weighted by atomic mass is 32.1. The number of carbonyl (C=O) groups is 1. The molecule has 0 spiro atoms. The third kappa shape index (κ3) is 3.51. The lowest BCUT2D eigenvalue weighted by atomic mass is 9.96. The summed E-state index contributed by atoms with van der Waals surface area (Å²) in [4.78, 5) is 21.5.